The first-order valence-electron chi connectivity index (χ1n) is 8.75. The van der Waals surface area contributed by atoms with Gasteiger partial charge in [0.1, 0.15) is 0 Å². The largest absolute Gasteiger partial charge is 0.493 e. The second-order valence-electron chi connectivity index (χ2n) is 6.92. The van der Waals surface area contributed by atoms with Gasteiger partial charge in [0.05, 0.1) is 13.7 Å². The fourth-order valence-electron chi connectivity index (χ4n) is 2.92. The number of hydrogen-bond acceptors (Lipinski definition) is 4. The van der Waals surface area contributed by atoms with Crippen molar-refractivity contribution in [3.05, 3.63) is 23.8 Å². The summed E-state index contributed by atoms with van der Waals surface area (Å²) in [4.78, 5) is 2.44. The molecule has 1 N–H and O–H groups in total. The SMILES string of the molecule is COc1cc(CN2CCC(CO)CC2)ccc1OCCC(C)C. The van der Waals surface area contributed by atoms with Crippen molar-refractivity contribution >= 4 is 0 Å². The molecule has 4 nitrogen and oxygen atoms in total. The summed E-state index contributed by atoms with van der Waals surface area (Å²) in [6.07, 6.45) is 3.22. The predicted molar refractivity (Wildman–Crippen MR) is 93.0 cm³/mol. The fourth-order valence-corrected chi connectivity index (χ4v) is 2.92. The Kier molecular flexibility index (Phi) is 7.18. The maximum atomic E-state index is 9.22. The summed E-state index contributed by atoms with van der Waals surface area (Å²) in [5, 5.41) is 9.22. The zero-order valence-corrected chi connectivity index (χ0v) is 14.8. The zero-order chi connectivity index (χ0) is 16.7. The molecular weight excluding hydrogens is 290 g/mol. The number of aliphatic hydroxyl groups excluding tert-OH is 1. The quantitative estimate of drug-likeness (QED) is 0.797. The van der Waals surface area contributed by atoms with Gasteiger partial charge in [0.25, 0.3) is 0 Å². The third-order valence-electron chi connectivity index (χ3n) is 4.55. The molecule has 1 aliphatic heterocycles. The van der Waals surface area contributed by atoms with E-state index in [1.807, 2.05) is 6.07 Å². The molecule has 1 aliphatic rings. The average molecular weight is 321 g/mol. The van der Waals surface area contributed by atoms with E-state index in [1.54, 1.807) is 7.11 Å². The number of aliphatic hydroxyl groups is 1. The van der Waals surface area contributed by atoms with Gasteiger partial charge in [-0.3, -0.25) is 4.90 Å². The molecule has 1 aromatic rings. The molecule has 1 fully saturated rings. The summed E-state index contributed by atoms with van der Waals surface area (Å²) in [5.41, 5.74) is 1.25. The van der Waals surface area contributed by atoms with Crippen LogP contribution in [-0.2, 0) is 6.54 Å². The first-order chi connectivity index (χ1) is 11.1. The Labute approximate surface area is 140 Å². The standard InChI is InChI=1S/C19H31NO3/c1-15(2)8-11-23-18-5-4-17(12-19(18)22-3)13-20-9-6-16(14-21)7-10-20/h4-5,12,15-16,21H,6-11,13-14H2,1-3H3. The normalized spacial score (nSPS) is 16.7. The van der Waals surface area contributed by atoms with Crippen molar-refractivity contribution in [3.8, 4) is 11.5 Å². The average Bonchev–Trinajstić information content (AvgIpc) is 2.56. The van der Waals surface area contributed by atoms with Crippen LogP contribution in [0.3, 0.4) is 0 Å². The summed E-state index contributed by atoms with van der Waals surface area (Å²) in [7, 11) is 1.70. The van der Waals surface area contributed by atoms with Gasteiger partial charge in [-0.05, 0) is 61.9 Å². The van der Waals surface area contributed by atoms with Gasteiger partial charge in [-0.25, -0.2) is 0 Å². The highest BCUT2D eigenvalue weighted by Crippen LogP contribution is 2.29. The van der Waals surface area contributed by atoms with Gasteiger partial charge >= 0.3 is 0 Å². The van der Waals surface area contributed by atoms with E-state index >= 15 is 0 Å². The lowest BCUT2D eigenvalue weighted by atomic mass is 9.97. The minimum absolute atomic E-state index is 0.323. The van der Waals surface area contributed by atoms with Crippen LogP contribution in [0.5, 0.6) is 11.5 Å². The number of nitrogens with zero attached hydrogens (tertiary/aromatic N) is 1. The molecule has 0 amide bonds. The molecule has 0 radical (unpaired) electrons. The van der Waals surface area contributed by atoms with Gasteiger partial charge in [-0.2, -0.15) is 0 Å². The first-order valence-corrected chi connectivity index (χ1v) is 8.75. The lowest BCUT2D eigenvalue weighted by Crippen LogP contribution is -2.34. The van der Waals surface area contributed by atoms with Crippen molar-refractivity contribution in [1.29, 1.82) is 0 Å². The molecule has 1 heterocycles. The Balaban J connectivity index is 1.90. The van der Waals surface area contributed by atoms with E-state index in [1.165, 1.54) is 5.56 Å². The molecule has 0 unspecified atom stereocenters. The van der Waals surface area contributed by atoms with Crippen LogP contribution in [0.1, 0.15) is 38.7 Å². The van der Waals surface area contributed by atoms with Crippen molar-refractivity contribution in [2.75, 3.05) is 33.4 Å². The third-order valence-corrected chi connectivity index (χ3v) is 4.55. The van der Waals surface area contributed by atoms with Gasteiger partial charge in [-0.15, -0.1) is 0 Å². The Hall–Kier alpha value is -1.26. The number of rotatable bonds is 8. The fraction of sp³-hybridized carbons (Fsp3) is 0.684. The van der Waals surface area contributed by atoms with Crippen LogP contribution in [0, 0.1) is 11.8 Å². The van der Waals surface area contributed by atoms with Crippen molar-refractivity contribution in [3.63, 3.8) is 0 Å². The van der Waals surface area contributed by atoms with Gasteiger partial charge < -0.3 is 14.6 Å². The smallest absolute Gasteiger partial charge is 0.161 e. The topological polar surface area (TPSA) is 41.9 Å². The van der Waals surface area contributed by atoms with Crippen LogP contribution in [0.15, 0.2) is 18.2 Å². The number of piperidine rings is 1. The molecule has 0 bridgehead atoms. The molecule has 1 saturated heterocycles. The maximum Gasteiger partial charge on any atom is 0.161 e. The molecule has 4 heteroatoms. The zero-order valence-electron chi connectivity index (χ0n) is 14.8. The highest BCUT2D eigenvalue weighted by atomic mass is 16.5. The second kappa shape index (κ2) is 9.14. The highest BCUT2D eigenvalue weighted by molar-refractivity contribution is 5.43. The van der Waals surface area contributed by atoms with Gasteiger partial charge in [0.2, 0.25) is 0 Å². The Bertz CT molecular complexity index is 468. The Morgan fingerprint density at radius 1 is 1.22 bits per heavy atom. The number of hydrogen-bond donors (Lipinski definition) is 1. The molecule has 130 valence electrons. The van der Waals surface area contributed by atoms with E-state index in [4.69, 9.17) is 9.47 Å². The maximum absolute atomic E-state index is 9.22. The lowest BCUT2D eigenvalue weighted by molar-refractivity contribution is 0.127. The highest BCUT2D eigenvalue weighted by Gasteiger charge is 2.18. The number of benzene rings is 1. The van der Waals surface area contributed by atoms with E-state index in [-0.39, 0.29) is 0 Å². The molecule has 0 atom stereocenters. The summed E-state index contributed by atoms with van der Waals surface area (Å²) >= 11 is 0. The molecule has 0 aromatic heterocycles. The van der Waals surface area contributed by atoms with Crippen LogP contribution in [0.25, 0.3) is 0 Å². The summed E-state index contributed by atoms with van der Waals surface area (Å²) < 4.78 is 11.3. The summed E-state index contributed by atoms with van der Waals surface area (Å²) in [6.45, 7) is 8.49. The van der Waals surface area contributed by atoms with Crippen LogP contribution >= 0.6 is 0 Å². The lowest BCUT2D eigenvalue weighted by Gasteiger charge is -2.31. The Morgan fingerprint density at radius 3 is 2.57 bits per heavy atom. The van der Waals surface area contributed by atoms with Gasteiger partial charge in [0.15, 0.2) is 11.5 Å². The summed E-state index contributed by atoms with van der Waals surface area (Å²) in [5.74, 6) is 2.77. The van der Waals surface area contributed by atoms with Crippen molar-refractivity contribution in [1.82, 2.24) is 4.90 Å². The third kappa shape index (κ3) is 5.70. The van der Waals surface area contributed by atoms with Crippen LogP contribution in [0.4, 0.5) is 0 Å². The predicted octanol–water partition coefficient (Wildman–Crippen LogP) is 3.32. The van der Waals surface area contributed by atoms with Crippen molar-refractivity contribution in [2.24, 2.45) is 11.8 Å². The van der Waals surface area contributed by atoms with E-state index in [0.29, 0.717) is 18.4 Å². The van der Waals surface area contributed by atoms with E-state index in [9.17, 15) is 5.11 Å². The van der Waals surface area contributed by atoms with Crippen molar-refractivity contribution < 1.29 is 14.6 Å². The minimum Gasteiger partial charge on any atom is -0.493 e. The Morgan fingerprint density at radius 2 is 1.96 bits per heavy atom. The molecule has 0 aliphatic carbocycles. The molecule has 0 spiro atoms. The van der Waals surface area contributed by atoms with Crippen LogP contribution < -0.4 is 9.47 Å². The minimum atomic E-state index is 0.323. The molecule has 1 aromatic carbocycles. The monoisotopic (exact) mass is 321 g/mol. The van der Waals surface area contributed by atoms with E-state index < -0.39 is 0 Å². The molecular formula is C19H31NO3. The van der Waals surface area contributed by atoms with Crippen LogP contribution in [-0.4, -0.2) is 43.4 Å². The first kappa shape index (κ1) is 18.1. The molecule has 2 rings (SSSR count). The molecule has 23 heavy (non-hydrogen) atoms. The van der Waals surface area contributed by atoms with E-state index in [0.717, 1.165) is 57.0 Å². The van der Waals surface area contributed by atoms with Crippen molar-refractivity contribution in [2.45, 2.75) is 39.7 Å². The number of methoxy groups -OCH3 is 1. The molecule has 0 saturated carbocycles. The van der Waals surface area contributed by atoms with Gasteiger partial charge in [-0.1, -0.05) is 19.9 Å². The summed E-state index contributed by atoms with van der Waals surface area (Å²) in [6, 6.07) is 6.24. The van der Waals surface area contributed by atoms with Gasteiger partial charge in [0, 0.05) is 13.2 Å². The number of likely N-dealkylation sites (tertiary alicyclic amines) is 1. The second-order valence-corrected chi connectivity index (χ2v) is 6.92. The van der Waals surface area contributed by atoms with Crippen LogP contribution in [0.2, 0.25) is 0 Å². The number of ether oxygens (including phenoxy) is 2. The van der Waals surface area contributed by atoms with E-state index in [2.05, 4.69) is 30.9 Å².